The summed E-state index contributed by atoms with van der Waals surface area (Å²) in [4.78, 5) is 5.62. The minimum Gasteiger partial charge on any atom is -0.355 e. The summed E-state index contributed by atoms with van der Waals surface area (Å²) in [5.74, 6) is 0. The molecule has 0 fully saturated rings. The Morgan fingerprint density at radius 1 is 1.73 bits per heavy atom. The first kappa shape index (κ1) is 8.43. The molecule has 0 saturated carbocycles. The smallest absolute Gasteiger partial charge is 0.255 e. The van der Waals surface area contributed by atoms with Gasteiger partial charge >= 0.3 is 0 Å². The predicted molar refractivity (Wildman–Crippen MR) is 40.1 cm³/mol. The van der Waals surface area contributed by atoms with Gasteiger partial charge in [0.2, 0.25) is 0 Å². The van der Waals surface area contributed by atoms with Crippen molar-refractivity contribution < 1.29 is 8.78 Å². The van der Waals surface area contributed by atoms with E-state index >= 15 is 0 Å². The van der Waals surface area contributed by atoms with E-state index < -0.39 is 6.43 Å². The molecular weight excluding hydrogens is 150 g/mol. The summed E-state index contributed by atoms with van der Waals surface area (Å²) in [5.41, 5.74) is 0. The van der Waals surface area contributed by atoms with Gasteiger partial charge in [0.25, 0.3) is 6.43 Å². The lowest BCUT2D eigenvalue weighted by Gasteiger charge is -2.14. The Balaban J connectivity index is 2.26. The lowest BCUT2D eigenvalue weighted by molar-refractivity contribution is 0.119. The summed E-state index contributed by atoms with van der Waals surface area (Å²) in [5, 5.41) is 0. The lowest BCUT2D eigenvalue weighted by atomic mass is 10.2. The standard InChI is InChI=1S/C7H12F2N2/c1-2-6-3-11(5-10-6)4-7(8)9/h5-7H,2-4H2,1H3. The average Bonchev–Trinajstić information content (AvgIpc) is 2.34. The second-order valence-corrected chi connectivity index (χ2v) is 2.67. The molecule has 1 aliphatic heterocycles. The molecule has 4 heteroatoms. The third-order valence-corrected chi connectivity index (χ3v) is 1.73. The molecule has 0 spiro atoms. The molecule has 0 aromatic heterocycles. The minimum absolute atomic E-state index is 0.181. The molecule has 0 aromatic carbocycles. The normalized spacial score (nSPS) is 23.6. The van der Waals surface area contributed by atoms with E-state index in [1.54, 1.807) is 4.90 Å². The first-order chi connectivity index (χ1) is 5.22. The van der Waals surface area contributed by atoms with Gasteiger partial charge in [0, 0.05) is 6.54 Å². The van der Waals surface area contributed by atoms with E-state index in [-0.39, 0.29) is 12.6 Å². The number of alkyl halides is 2. The first-order valence-electron chi connectivity index (χ1n) is 3.78. The lowest BCUT2D eigenvalue weighted by Crippen LogP contribution is -2.28. The molecule has 1 heterocycles. The first-order valence-corrected chi connectivity index (χ1v) is 3.78. The molecular formula is C7H12F2N2. The molecule has 0 bridgehead atoms. The molecule has 0 saturated heterocycles. The van der Waals surface area contributed by atoms with Gasteiger partial charge < -0.3 is 4.90 Å². The maximum atomic E-state index is 11.8. The number of nitrogens with zero attached hydrogens (tertiary/aromatic N) is 2. The summed E-state index contributed by atoms with van der Waals surface area (Å²) in [7, 11) is 0. The SMILES string of the molecule is CCC1CN(CC(F)F)C=N1. The van der Waals surface area contributed by atoms with Crippen LogP contribution in [-0.4, -0.2) is 36.8 Å². The predicted octanol–water partition coefficient (Wildman–Crippen LogP) is 1.37. The van der Waals surface area contributed by atoms with E-state index in [2.05, 4.69) is 4.99 Å². The second kappa shape index (κ2) is 3.64. The van der Waals surface area contributed by atoms with Crippen LogP contribution in [0.3, 0.4) is 0 Å². The number of hydrogen-bond donors (Lipinski definition) is 0. The largest absolute Gasteiger partial charge is 0.355 e. The zero-order valence-corrected chi connectivity index (χ0v) is 6.50. The van der Waals surface area contributed by atoms with E-state index in [1.165, 1.54) is 6.34 Å². The van der Waals surface area contributed by atoms with E-state index in [0.29, 0.717) is 6.54 Å². The quantitative estimate of drug-likeness (QED) is 0.612. The maximum absolute atomic E-state index is 11.8. The summed E-state index contributed by atoms with van der Waals surface area (Å²) in [6, 6.07) is 0.230. The van der Waals surface area contributed by atoms with Crippen molar-refractivity contribution in [3.8, 4) is 0 Å². The molecule has 0 radical (unpaired) electrons. The molecule has 1 aliphatic rings. The Hall–Kier alpha value is -0.670. The van der Waals surface area contributed by atoms with E-state index in [4.69, 9.17) is 0 Å². The molecule has 11 heavy (non-hydrogen) atoms. The fraction of sp³-hybridized carbons (Fsp3) is 0.857. The van der Waals surface area contributed by atoms with Crippen LogP contribution < -0.4 is 0 Å². The Bertz CT molecular complexity index is 147. The maximum Gasteiger partial charge on any atom is 0.255 e. The number of halogens is 2. The van der Waals surface area contributed by atoms with Gasteiger partial charge in [0.15, 0.2) is 0 Å². The molecule has 1 rings (SSSR count). The van der Waals surface area contributed by atoms with Crippen molar-refractivity contribution in [1.29, 1.82) is 0 Å². The topological polar surface area (TPSA) is 15.6 Å². The Morgan fingerprint density at radius 2 is 2.45 bits per heavy atom. The fourth-order valence-corrected chi connectivity index (χ4v) is 1.09. The Labute approximate surface area is 64.9 Å². The van der Waals surface area contributed by atoms with Crippen LogP contribution in [0.1, 0.15) is 13.3 Å². The highest BCUT2D eigenvalue weighted by Gasteiger charge is 2.17. The van der Waals surface area contributed by atoms with Crippen LogP contribution in [0.4, 0.5) is 8.78 Å². The summed E-state index contributed by atoms with van der Waals surface area (Å²) >= 11 is 0. The number of aliphatic imine (C=N–C) groups is 1. The van der Waals surface area contributed by atoms with Crippen molar-refractivity contribution in [2.45, 2.75) is 25.8 Å². The van der Waals surface area contributed by atoms with Crippen LogP contribution in [0.2, 0.25) is 0 Å². The van der Waals surface area contributed by atoms with Gasteiger partial charge in [-0.05, 0) is 6.42 Å². The van der Waals surface area contributed by atoms with Crippen molar-refractivity contribution in [3.05, 3.63) is 0 Å². The van der Waals surface area contributed by atoms with Crippen LogP contribution in [0, 0.1) is 0 Å². The van der Waals surface area contributed by atoms with E-state index in [1.807, 2.05) is 6.92 Å². The van der Waals surface area contributed by atoms with Crippen molar-refractivity contribution in [2.24, 2.45) is 4.99 Å². The van der Waals surface area contributed by atoms with Gasteiger partial charge in [-0.1, -0.05) is 6.92 Å². The summed E-state index contributed by atoms with van der Waals surface area (Å²) in [6.45, 7) is 2.48. The van der Waals surface area contributed by atoms with Gasteiger partial charge in [-0.15, -0.1) is 0 Å². The molecule has 0 aliphatic carbocycles. The van der Waals surface area contributed by atoms with Crippen LogP contribution in [0.5, 0.6) is 0 Å². The zero-order chi connectivity index (χ0) is 8.27. The highest BCUT2D eigenvalue weighted by Crippen LogP contribution is 2.08. The highest BCUT2D eigenvalue weighted by molar-refractivity contribution is 5.57. The monoisotopic (exact) mass is 162 g/mol. The number of hydrogen-bond acceptors (Lipinski definition) is 2. The minimum atomic E-state index is -2.25. The van der Waals surface area contributed by atoms with Crippen LogP contribution in [0.15, 0.2) is 4.99 Å². The van der Waals surface area contributed by atoms with Gasteiger partial charge in [-0.3, -0.25) is 4.99 Å². The van der Waals surface area contributed by atoms with Crippen molar-refractivity contribution in [3.63, 3.8) is 0 Å². The fourth-order valence-electron chi connectivity index (χ4n) is 1.09. The second-order valence-electron chi connectivity index (χ2n) is 2.67. The highest BCUT2D eigenvalue weighted by atomic mass is 19.3. The zero-order valence-electron chi connectivity index (χ0n) is 6.50. The van der Waals surface area contributed by atoms with E-state index in [0.717, 1.165) is 6.42 Å². The molecule has 0 aromatic rings. The van der Waals surface area contributed by atoms with Crippen LogP contribution in [0.25, 0.3) is 0 Å². The van der Waals surface area contributed by atoms with E-state index in [9.17, 15) is 8.78 Å². The molecule has 1 unspecified atom stereocenters. The van der Waals surface area contributed by atoms with Crippen LogP contribution in [-0.2, 0) is 0 Å². The molecule has 64 valence electrons. The Kier molecular flexibility index (Phi) is 2.79. The average molecular weight is 162 g/mol. The molecule has 2 nitrogen and oxygen atoms in total. The van der Waals surface area contributed by atoms with Crippen molar-refractivity contribution in [2.75, 3.05) is 13.1 Å². The number of rotatable bonds is 3. The molecule has 0 amide bonds. The van der Waals surface area contributed by atoms with Gasteiger partial charge in [-0.25, -0.2) is 8.78 Å². The van der Waals surface area contributed by atoms with Gasteiger partial charge in [0.1, 0.15) is 0 Å². The summed E-state index contributed by atoms with van der Waals surface area (Å²) < 4.78 is 23.6. The van der Waals surface area contributed by atoms with Crippen LogP contribution >= 0.6 is 0 Å². The molecule has 1 atom stereocenters. The van der Waals surface area contributed by atoms with Gasteiger partial charge in [-0.2, -0.15) is 0 Å². The van der Waals surface area contributed by atoms with Gasteiger partial charge in [0.05, 0.1) is 18.9 Å². The molecule has 0 N–H and O–H groups in total. The Morgan fingerprint density at radius 3 is 2.91 bits per heavy atom. The third kappa shape index (κ3) is 2.44. The van der Waals surface area contributed by atoms with Crippen molar-refractivity contribution in [1.82, 2.24) is 4.90 Å². The summed E-state index contributed by atoms with van der Waals surface area (Å²) in [6.07, 6.45) is 0.202. The van der Waals surface area contributed by atoms with Crippen molar-refractivity contribution >= 4 is 6.34 Å². The third-order valence-electron chi connectivity index (χ3n) is 1.73.